The maximum absolute atomic E-state index is 12.3. The number of hydrogen-bond donors (Lipinski definition) is 1. The van der Waals surface area contributed by atoms with Crippen LogP contribution in [0.2, 0.25) is 0 Å². The van der Waals surface area contributed by atoms with Gasteiger partial charge in [-0.25, -0.2) is 0 Å². The van der Waals surface area contributed by atoms with Crippen molar-refractivity contribution in [3.05, 3.63) is 60.2 Å². The van der Waals surface area contributed by atoms with E-state index >= 15 is 0 Å². The molecule has 0 spiro atoms. The number of nitrogens with two attached hydrogens (primary N) is 1. The highest BCUT2D eigenvalue weighted by atomic mass is 35.5. The van der Waals surface area contributed by atoms with Gasteiger partial charge in [-0.15, -0.1) is 12.4 Å². The zero-order chi connectivity index (χ0) is 16.7. The first-order chi connectivity index (χ1) is 11.1. The van der Waals surface area contributed by atoms with E-state index < -0.39 is 6.04 Å². The van der Waals surface area contributed by atoms with Crippen molar-refractivity contribution in [1.29, 1.82) is 0 Å². The highest BCUT2D eigenvalue weighted by Crippen LogP contribution is 2.17. The first-order valence-corrected chi connectivity index (χ1v) is 7.44. The third-order valence-corrected chi connectivity index (χ3v) is 3.56. The molecule has 1 unspecified atom stereocenters. The van der Waals surface area contributed by atoms with Gasteiger partial charge in [-0.3, -0.25) is 4.79 Å². The van der Waals surface area contributed by atoms with Gasteiger partial charge in [0.2, 0.25) is 5.91 Å². The van der Waals surface area contributed by atoms with Crippen LogP contribution in [0.5, 0.6) is 11.5 Å². The van der Waals surface area contributed by atoms with Crippen molar-refractivity contribution in [2.24, 2.45) is 5.73 Å². The fourth-order valence-electron chi connectivity index (χ4n) is 2.12. The third kappa shape index (κ3) is 5.44. The van der Waals surface area contributed by atoms with Crippen molar-refractivity contribution >= 4 is 18.3 Å². The predicted molar refractivity (Wildman–Crippen MR) is 96.7 cm³/mol. The van der Waals surface area contributed by atoms with E-state index in [1.165, 1.54) is 0 Å². The summed E-state index contributed by atoms with van der Waals surface area (Å²) >= 11 is 0. The van der Waals surface area contributed by atoms with E-state index in [9.17, 15) is 4.79 Å². The van der Waals surface area contributed by atoms with E-state index in [0.717, 1.165) is 17.1 Å². The van der Waals surface area contributed by atoms with E-state index in [1.54, 1.807) is 19.1 Å². The number of amides is 1. The second-order valence-electron chi connectivity index (χ2n) is 5.17. The molecule has 1 amide bonds. The number of halogens is 1. The molecular weight excluding hydrogens is 328 g/mol. The normalized spacial score (nSPS) is 11.1. The fraction of sp³-hybridized carbons (Fsp3) is 0.278. The maximum Gasteiger partial charge on any atom is 0.243 e. The third-order valence-electron chi connectivity index (χ3n) is 3.56. The summed E-state index contributed by atoms with van der Waals surface area (Å²) in [5, 5.41) is 0. The summed E-state index contributed by atoms with van der Waals surface area (Å²) in [7, 11) is 3.34. The molecule has 0 saturated heterocycles. The Bertz CT molecular complexity index is 620. The van der Waals surface area contributed by atoms with Crippen LogP contribution in [0.1, 0.15) is 11.6 Å². The molecule has 0 aliphatic carbocycles. The number of likely N-dealkylation sites (N-methyl/N-ethyl adjacent to an activating group) is 1. The molecule has 2 aromatic carbocycles. The summed E-state index contributed by atoms with van der Waals surface area (Å²) in [4.78, 5) is 13.9. The lowest BCUT2D eigenvalue weighted by Crippen LogP contribution is -2.38. The SMILES string of the molecule is COc1ccc(OCCN(C)C(=O)C(N)c2ccccc2)cc1.Cl. The van der Waals surface area contributed by atoms with Crippen LogP contribution in [0.4, 0.5) is 0 Å². The first-order valence-electron chi connectivity index (χ1n) is 7.44. The molecule has 0 aliphatic heterocycles. The zero-order valence-electron chi connectivity index (χ0n) is 13.8. The number of rotatable bonds is 7. The Balaban J connectivity index is 0.00000288. The van der Waals surface area contributed by atoms with Gasteiger partial charge in [0.15, 0.2) is 0 Å². The Labute approximate surface area is 148 Å². The van der Waals surface area contributed by atoms with Crippen molar-refractivity contribution in [3.8, 4) is 11.5 Å². The van der Waals surface area contributed by atoms with Crippen molar-refractivity contribution < 1.29 is 14.3 Å². The highest BCUT2D eigenvalue weighted by Gasteiger charge is 2.19. The quantitative estimate of drug-likeness (QED) is 0.833. The van der Waals surface area contributed by atoms with Gasteiger partial charge in [0.1, 0.15) is 24.1 Å². The molecule has 2 N–H and O–H groups in total. The van der Waals surface area contributed by atoms with Crippen molar-refractivity contribution in [1.82, 2.24) is 4.90 Å². The topological polar surface area (TPSA) is 64.8 Å². The number of carbonyl (C=O) groups excluding carboxylic acids is 1. The Kier molecular flexibility index (Phi) is 8.09. The average Bonchev–Trinajstić information content (AvgIpc) is 2.61. The molecule has 6 heteroatoms. The smallest absolute Gasteiger partial charge is 0.243 e. The summed E-state index contributed by atoms with van der Waals surface area (Å²) < 4.78 is 10.7. The average molecular weight is 351 g/mol. The first kappa shape index (κ1) is 19.8. The van der Waals surface area contributed by atoms with Crippen LogP contribution in [0, 0.1) is 0 Å². The van der Waals surface area contributed by atoms with Gasteiger partial charge in [-0.05, 0) is 29.8 Å². The molecule has 0 fully saturated rings. The molecule has 5 nitrogen and oxygen atoms in total. The van der Waals surface area contributed by atoms with Crippen molar-refractivity contribution in [3.63, 3.8) is 0 Å². The Morgan fingerprint density at radius 1 is 1.08 bits per heavy atom. The van der Waals surface area contributed by atoms with Crippen molar-refractivity contribution in [2.75, 3.05) is 27.3 Å². The summed E-state index contributed by atoms with van der Waals surface area (Å²) in [6.07, 6.45) is 0. The number of methoxy groups -OCH3 is 1. The standard InChI is InChI=1S/C18H22N2O3.ClH/c1-20(18(21)17(19)14-6-4-3-5-7-14)12-13-23-16-10-8-15(22-2)9-11-16;/h3-11,17H,12-13,19H2,1-2H3;1H. The van der Waals surface area contributed by atoms with Crippen LogP contribution in [0.15, 0.2) is 54.6 Å². The van der Waals surface area contributed by atoms with Crippen LogP contribution >= 0.6 is 12.4 Å². The van der Waals surface area contributed by atoms with Crippen molar-refractivity contribution in [2.45, 2.75) is 6.04 Å². The number of benzene rings is 2. The number of carbonyl (C=O) groups is 1. The van der Waals surface area contributed by atoms with E-state index in [-0.39, 0.29) is 18.3 Å². The summed E-state index contributed by atoms with van der Waals surface area (Å²) in [5.41, 5.74) is 6.81. The molecule has 1 atom stereocenters. The molecule has 2 rings (SSSR count). The lowest BCUT2D eigenvalue weighted by molar-refractivity contribution is -0.131. The lowest BCUT2D eigenvalue weighted by atomic mass is 10.1. The van der Waals surface area contributed by atoms with Crippen LogP contribution < -0.4 is 15.2 Å². The largest absolute Gasteiger partial charge is 0.497 e. The molecule has 2 aromatic rings. The van der Waals surface area contributed by atoms with Crippen LogP contribution in [0.25, 0.3) is 0 Å². The second-order valence-corrected chi connectivity index (χ2v) is 5.17. The summed E-state index contributed by atoms with van der Waals surface area (Å²) in [5.74, 6) is 1.38. The minimum Gasteiger partial charge on any atom is -0.497 e. The molecule has 0 aliphatic rings. The Morgan fingerprint density at radius 2 is 1.67 bits per heavy atom. The van der Waals surface area contributed by atoms with Crippen LogP contribution in [-0.4, -0.2) is 38.1 Å². The van der Waals surface area contributed by atoms with Gasteiger partial charge in [-0.2, -0.15) is 0 Å². The number of hydrogen-bond acceptors (Lipinski definition) is 4. The van der Waals surface area contributed by atoms with Gasteiger partial charge in [-0.1, -0.05) is 30.3 Å². The predicted octanol–water partition coefficient (Wildman–Crippen LogP) is 2.65. The van der Waals surface area contributed by atoms with Gasteiger partial charge >= 0.3 is 0 Å². The Morgan fingerprint density at radius 3 is 2.25 bits per heavy atom. The molecule has 0 saturated carbocycles. The van der Waals surface area contributed by atoms with E-state index in [4.69, 9.17) is 15.2 Å². The van der Waals surface area contributed by atoms with Gasteiger partial charge in [0.05, 0.1) is 13.7 Å². The highest BCUT2D eigenvalue weighted by molar-refractivity contribution is 5.85. The minimum absolute atomic E-state index is 0. The van der Waals surface area contributed by atoms with Gasteiger partial charge < -0.3 is 20.1 Å². The monoisotopic (exact) mass is 350 g/mol. The molecule has 0 aromatic heterocycles. The molecule has 0 radical (unpaired) electrons. The van der Waals surface area contributed by atoms with E-state index in [2.05, 4.69) is 0 Å². The maximum atomic E-state index is 12.3. The molecule has 24 heavy (non-hydrogen) atoms. The minimum atomic E-state index is -0.651. The fourth-order valence-corrected chi connectivity index (χ4v) is 2.12. The number of ether oxygens (including phenoxy) is 2. The van der Waals surface area contributed by atoms with Crippen LogP contribution in [-0.2, 0) is 4.79 Å². The van der Waals surface area contributed by atoms with E-state index in [0.29, 0.717) is 13.2 Å². The van der Waals surface area contributed by atoms with E-state index in [1.807, 2.05) is 54.6 Å². The molecule has 0 bridgehead atoms. The summed E-state index contributed by atoms with van der Waals surface area (Å²) in [6.45, 7) is 0.863. The number of nitrogens with zero attached hydrogens (tertiary/aromatic N) is 1. The second kappa shape index (κ2) is 9.80. The molecule has 130 valence electrons. The van der Waals surface area contributed by atoms with Crippen LogP contribution in [0.3, 0.4) is 0 Å². The lowest BCUT2D eigenvalue weighted by Gasteiger charge is -2.21. The van der Waals surface area contributed by atoms with Gasteiger partial charge in [0.25, 0.3) is 0 Å². The summed E-state index contributed by atoms with van der Waals surface area (Å²) in [6, 6.07) is 16.0. The molecule has 0 heterocycles. The zero-order valence-corrected chi connectivity index (χ0v) is 14.7. The Hall–Kier alpha value is -2.24. The molecular formula is C18H23ClN2O3. The van der Waals surface area contributed by atoms with Gasteiger partial charge in [0, 0.05) is 7.05 Å².